The highest BCUT2D eigenvalue weighted by molar-refractivity contribution is 6.30. The lowest BCUT2D eigenvalue weighted by atomic mass is 10.1. The minimum Gasteiger partial charge on any atom is -0.338 e. The Balaban J connectivity index is 1.75. The maximum atomic E-state index is 6.05. The van der Waals surface area contributed by atoms with Crippen LogP contribution in [0.25, 0.3) is 11.2 Å². The van der Waals surface area contributed by atoms with Crippen molar-refractivity contribution in [3.63, 3.8) is 0 Å². The predicted octanol–water partition coefficient (Wildman–Crippen LogP) is 5.49. The fourth-order valence-corrected chi connectivity index (χ4v) is 3.08. The first-order valence-corrected chi connectivity index (χ1v) is 9.23. The molecule has 0 saturated carbocycles. The topological polar surface area (TPSA) is 75.6 Å². The predicted molar refractivity (Wildman–Crippen MR) is 114 cm³/mol. The quantitative estimate of drug-likeness (QED) is 0.480. The summed E-state index contributed by atoms with van der Waals surface area (Å²) >= 11 is 6.05. The van der Waals surface area contributed by atoms with Gasteiger partial charge in [-0.05, 0) is 67.8 Å². The first kappa shape index (κ1) is 18.1. The molecule has 0 unspecified atom stereocenters. The molecule has 2 aromatic carbocycles. The minimum absolute atomic E-state index is 0.435. The highest BCUT2D eigenvalue weighted by Crippen LogP contribution is 2.26. The van der Waals surface area contributed by atoms with Gasteiger partial charge in [-0.2, -0.15) is 9.97 Å². The lowest BCUT2D eigenvalue weighted by Gasteiger charge is -2.13. The number of benzene rings is 2. The van der Waals surface area contributed by atoms with Gasteiger partial charge in [-0.25, -0.2) is 9.97 Å². The number of hydrogen-bond donors (Lipinski definition) is 2. The third-order valence-electron chi connectivity index (χ3n) is 4.54. The van der Waals surface area contributed by atoms with Crippen molar-refractivity contribution in [3.05, 3.63) is 70.5 Å². The van der Waals surface area contributed by atoms with Crippen LogP contribution in [-0.4, -0.2) is 19.9 Å². The van der Waals surface area contributed by atoms with Crippen molar-refractivity contribution < 1.29 is 0 Å². The van der Waals surface area contributed by atoms with Crippen LogP contribution in [0.15, 0.2) is 48.8 Å². The zero-order valence-electron chi connectivity index (χ0n) is 15.8. The second kappa shape index (κ2) is 7.40. The maximum Gasteiger partial charge on any atom is 0.231 e. The molecule has 0 aliphatic rings. The molecule has 2 N–H and O–H groups in total. The second-order valence-electron chi connectivity index (χ2n) is 6.63. The molecule has 0 atom stereocenters. The summed E-state index contributed by atoms with van der Waals surface area (Å²) < 4.78 is 0. The zero-order chi connectivity index (χ0) is 19.7. The van der Waals surface area contributed by atoms with Gasteiger partial charge < -0.3 is 10.6 Å². The van der Waals surface area contributed by atoms with E-state index in [2.05, 4.69) is 56.5 Å². The number of rotatable bonds is 4. The molecule has 28 heavy (non-hydrogen) atoms. The van der Waals surface area contributed by atoms with E-state index in [1.54, 1.807) is 12.4 Å². The van der Waals surface area contributed by atoms with Crippen LogP contribution in [0, 0.1) is 20.8 Å². The Morgan fingerprint density at radius 2 is 1.61 bits per heavy atom. The Kier molecular flexibility index (Phi) is 4.79. The van der Waals surface area contributed by atoms with Crippen LogP contribution in [0.3, 0.4) is 0 Å². The fourth-order valence-electron chi connectivity index (χ4n) is 2.85. The molecule has 7 heteroatoms. The number of halogens is 1. The summed E-state index contributed by atoms with van der Waals surface area (Å²) in [6, 6.07) is 11.8. The molecule has 0 saturated heterocycles. The smallest absolute Gasteiger partial charge is 0.231 e. The van der Waals surface area contributed by atoms with E-state index >= 15 is 0 Å². The van der Waals surface area contributed by atoms with E-state index in [0.717, 1.165) is 16.9 Å². The van der Waals surface area contributed by atoms with Gasteiger partial charge in [0.1, 0.15) is 0 Å². The molecule has 0 spiro atoms. The average Bonchev–Trinajstić information content (AvgIpc) is 2.67. The van der Waals surface area contributed by atoms with E-state index in [1.807, 2.05) is 31.2 Å². The largest absolute Gasteiger partial charge is 0.338 e. The maximum absolute atomic E-state index is 6.05. The number of aryl methyl sites for hydroxylation is 3. The molecule has 2 heterocycles. The Labute approximate surface area is 168 Å². The van der Waals surface area contributed by atoms with E-state index in [-0.39, 0.29) is 0 Å². The first-order chi connectivity index (χ1) is 13.5. The zero-order valence-corrected chi connectivity index (χ0v) is 16.5. The lowest BCUT2D eigenvalue weighted by molar-refractivity contribution is 1.14. The Morgan fingerprint density at radius 1 is 0.786 bits per heavy atom. The van der Waals surface area contributed by atoms with Crippen molar-refractivity contribution in [3.8, 4) is 0 Å². The van der Waals surface area contributed by atoms with Gasteiger partial charge in [0, 0.05) is 28.8 Å². The molecule has 4 rings (SSSR count). The van der Waals surface area contributed by atoms with Crippen LogP contribution < -0.4 is 10.6 Å². The summed E-state index contributed by atoms with van der Waals surface area (Å²) in [7, 11) is 0. The van der Waals surface area contributed by atoms with Gasteiger partial charge >= 0.3 is 0 Å². The van der Waals surface area contributed by atoms with Crippen LogP contribution >= 0.6 is 11.6 Å². The van der Waals surface area contributed by atoms with E-state index < -0.39 is 0 Å². The second-order valence-corrected chi connectivity index (χ2v) is 7.07. The third-order valence-corrected chi connectivity index (χ3v) is 4.77. The van der Waals surface area contributed by atoms with Gasteiger partial charge in [-0.1, -0.05) is 17.7 Å². The Bertz CT molecular complexity index is 1170. The van der Waals surface area contributed by atoms with Crippen LogP contribution in [0.4, 0.5) is 23.1 Å². The molecule has 140 valence electrons. The fraction of sp³-hybridized carbons (Fsp3) is 0.143. The molecular weight excluding hydrogens is 372 g/mol. The van der Waals surface area contributed by atoms with Crippen molar-refractivity contribution in [2.24, 2.45) is 0 Å². The summed E-state index contributed by atoms with van der Waals surface area (Å²) in [5.41, 5.74) is 6.37. The molecular formula is C21H19ClN6. The van der Waals surface area contributed by atoms with E-state index in [9.17, 15) is 0 Å². The average molecular weight is 391 g/mol. The number of anilines is 4. The van der Waals surface area contributed by atoms with Gasteiger partial charge in [0.05, 0.1) is 0 Å². The number of fused-ring (bicyclic) bond motifs is 1. The lowest BCUT2D eigenvalue weighted by Crippen LogP contribution is -2.05. The van der Waals surface area contributed by atoms with Gasteiger partial charge in [-0.3, -0.25) is 0 Å². The Morgan fingerprint density at radius 3 is 2.39 bits per heavy atom. The third kappa shape index (κ3) is 3.73. The Hall–Kier alpha value is -3.25. The van der Waals surface area contributed by atoms with E-state index in [4.69, 9.17) is 11.6 Å². The van der Waals surface area contributed by atoms with Crippen molar-refractivity contribution in [2.45, 2.75) is 20.8 Å². The summed E-state index contributed by atoms with van der Waals surface area (Å²) in [6.07, 6.45) is 3.25. The normalized spacial score (nSPS) is 10.9. The minimum atomic E-state index is 0.435. The number of hydrogen-bond acceptors (Lipinski definition) is 6. The van der Waals surface area contributed by atoms with Crippen LogP contribution in [0.2, 0.25) is 5.02 Å². The van der Waals surface area contributed by atoms with Crippen molar-refractivity contribution in [1.82, 2.24) is 19.9 Å². The van der Waals surface area contributed by atoms with Gasteiger partial charge in [0.15, 0.2) is 17.0 Å². The molecule has 0 aliphatic carbocycles. The summed E-state index contributed by atoms with van der Waals surface area (Å²) in [5, 5.41) is 7.29. The standard InChI is InChI=1S/C21H19ClN6/c1-12-4-6-16(11-13(12)2)25-20-18-19(24-9-8-23-18)27-21(28-20)26-17-7-5-15(22)10-14(17)3/h4-11H,1-3H3,(H2,24,25,26,27,28). The molecule has 2 aromatic heterocycles. The highest BCUT2D eigenvalue weighted by atomic mass is 35.5. The first-order valence-electron chi connectivity index (χ1n) is 8.86. The van der Waals surface area contributed by atoms with Gasteiger partial charge in [0.25, 0.3) is 0 Å². The van der Waals surface area contributed by atoms with Crippen molar-refractivity contribution in [2.75, 3.05) is 10.6 Å². The van der Waals surface area contributed by atoms with Gasteiger partial charge in [0.2, 0.25) is 5.95 Å². The number of nitrogens with zero attached hydrogens (tertiary/aromatic N) is 4. The van der Waals surface area contributed by atoms with Crippen LogP contribution in [-0.2, 0) is 0 Å². The van der Waals surface area contributed by atoms with Crippen LogP contribution in [0.1, 0.15) is 16.7 Å². The van der Waals surface area contributed by atoms with E-state index in [0.29, 0.717) is 28.0 Å². The van der Waals surface area contributed by atoms with E-state index in [1.165, 1.54) is 11.1 Å². The molecule has 0 fully saturated rings. The van der Waals surface area contributed by atoms with Crippen molar-refractivity contribution >= 4 is 45.9 Å². The molecule has 0 bridgehead atoms. The monoisotopic (exact) mass is 390 g/mol. The highest BCUT2D eigenvalue weighted by Gasteiger charge is 2.12. The van der Waals surface area contributed by atoms with Crippen LogP contribution in [0.5, 0.6) is 0 Å². The molecule has 0 amide bonds. The van der Waals surface area contributed by atoms with Gasteiger partial charge in [-0.15, -0.1) is 0 Å². The number of aromatic nitrogens is 4. The number of nitrogens with one attached hydrogen (secondary N) is 2. The molecule has 0 radical (unpaired) electrons. The summed E-state index contributed by atoms with van der Waals surface area (Å²) in [4.78, 5) is 17.9. The molecule has 6 nitrogen and oxygen atoms in total. The molecule has 4 aromatic rings. The molecule has 0 aliphatic heterocycles. The summed E-state index contributed by atoms with van der Waals surface area (Å²) in [6.45, 7) is 6.14. The summed E-state index contributed by atoms with van der Waals surface area (Å²) in [5.74, 6) is 1.03. The SMILES string of the molecule is Cc1ccc(Nc2nc(Nc3ccc(Cl)cc3C)nc3nccnc23)cc1C. The van der Waals surface area contributed by atoms with Crippen molar-refractivity contribution in [1.29, 1.82) is 0 Å².